The van der Waals surface area contributed by atoms with Crippen molar-refractivity contribution in [3.05, 3.63) is 107 Å². The minimum atomic E-state index is -0.916. The van der Waals surface area contributed by atoms with E-state index < -0.39 is 12.1 Å². The number of carboxylic acids is 1. The Balaban J connectivity index is 1.38. The maximum Gasteiger partial charge on any atom is 0.336 e. The molecule has 4 nitrogen and oxygen atoms in total. The van der Waals surface area contributed by atoms with Gasteiger partial charge in [0.05, 0.1) is 11.7 Å². The van der Waals surface area contributed by atoms with Gasteiger partial charge in [-0.25, -0.2) is 4.79 Å². The average Bonchev–Trinajstić information content (AvgIpc) is 3.37. The number of hydrogen-bond donors (Lipinski definition) is 3. The van der Waals surface area contributed by atoms with Crippen molar-refractivity contribution in [1.82, 2.24) is 5.32 Å². The molecule has 4 rings (SSSR count). The summed E-state index contributed by atoms with van der Waals surface area (Å²) in [6.45, 7) is 1.29. The molecule has 0 unspecified atom stereocenters. The van der Waals surface area contributed by atoms with Crippen LogP contribution in [-0.2, 0) is 6.42 Å². The van der Waals surface area contributed by atoms with Crippen LogP contribution in [0.4, 0.5) is 0 Å². The van der Waals surface area contributed by atoms with Gasteiger partial charge in [-0.2, -0.15) is 0 Å². The minimum Gasteiger partial charge on any atom is -0.478 e. The molecule has 1 aromatic heterocycles. The molecule has 0 bridgehead atoms. The van der Waals surface area contributed by atoms with E-state index in [-0.39, 0.29) is 0 Å². The molecule has 1 atom stereocenters. The SMILES string of the molecule is O=C(O)c1ccc(-c2ccc(CCNC[C@H](O)c3ccccc3)cc2)cc1-c1cccs1. The number of aromatic carboxylic acids is 1. The lowest BCUT2D eigenvalue weighted by molar-refractivity contribution is 0.0697. The number of aliphatic hydroxyl groups excluding tert-OH is 1. The van der Waals surface area contributed by atoms with E-state index in [9.17, 15) is 15.0 Å². The lowest BCUT2D eigenvalue weighted by Crippen LogP contribution is -2.23. The molecule has 0 saturated carbocycles. The van der Waals surface area contributed by atoms with E-state index in [1.807, 2.05) is 60.0 Å². The average molecular weight is 444 g/mol. The Morgan fingerprint density at radius 2 is 1.66 bits per heavy atom. The van der Waals surface area contributed by atoms with Crippen LogP contribution in [0.1, 0.15) is 27.6 Å². The van der Waals surface area contributed by atoms with Gasteiger partial charge in [-0.1, -0.05) is 66.7 Å². The van der Waals surface area contributed by atoms with Gasteiger partial charge in [0.2, 0.25) is 0 Å². The molecule has 0 aliphatic heterocycles. The number of aliphatic hydroxyl groups is 1. The fraction of sp³-hybridized carbons (Fsp3) is 0.148. The second-order valence-electron chi connectivity index (χ2n) is 7.62. The van der Waals surface area contributed by atoms with E-state index in [1.54, 1.807) is 6.07 Å². The molecule has 0 aliphatic rings. The number of carboxylic acid groups (broad SMARTS) is 1. The Hall–Kier alpha value is -3.25. The van der Waals surface area contributed by atoms with Crippen LogP contribution < -0.4 is 5.32 Å². The van der Waals surface area contributed by atoms with Crippen LogP contribution in [0.15, 0.2) is 90.3 Å². The quantitative estimate of drug-likeness (QED) is 0.293. The van der Waals surface area contributed by atoms with Crippen LogP contribution in [0, 0.1) is 0 Å². The van der Waals surface area contributed by atoms with Crippen molar-refractivity contribution in [2.75, 3.05) is 13.1 Å². The van der Waals surface area contributed by atoms with Crippen molar-refractivity contribution >= 4 is 17.3 Å². The van der Waals surface area contributed by atoms with Crippen molar-refractivity contribution in [3.8, 4) is 21.6 Å². The Morgan fingerprint density at radius 3 is 2.34 bits per heavy atom. The van der Waals surface area contributed by atoms with Gasteiger partial charge in [-0.05, 0) is 58.8 Å². The van der Waals surface area contributed by atoms with Gasteiger partial charge in [-0.3, -0.25) is 0 Å². The molecular weight excluding hydrogens is 418 g/mol. The summed E-state index contributed by atoms with van der Waals surface area (Å²) in [5.41, 5.74) is 5.23. The first-order valence-electron chi connectivity index (χ1n) is 10.6. The first kappa shape index (κ1) is 22.0. The molecule has 0 saturated heterocycles. The third-order valence-corrected chi connectivity index (χ3v) is 6.34. The number of thiophene rings is 1. The lowest BCUT2D eigenvalue weighted by Gasteiger charge is -2.12. The standard InChI is InChI=1S/C27H25NO3S/c29-25(21-5-2-1-3-6-21)18-28-15-14-19-8-10-20(11-9-19)22-12-13-23(27(30)31)24(17-22)26-7-4-16-32-26/h1-13,16-17,25,28-29H,14-15,18H2,(H,30,31)/t25-/m0/s1. The molecule has 3 N–H and O–H groups in total. The highest BCUT2D eigenvalue weighted by atomic mass is 32.1. The zero-order valence-electron chi connectivity index (χ0n) is 17.6. The first-order chi connectivity index (χ1) is 15.6. The third kappa shape index (κ3) is 5.32. The highest BCUT2D eigenvalue weighted by Crippen LogP contribution is 2.32. The van der Waals surface area contributed by atoms with Gasteiger partial charge in [-0.15, -0.1) is 11.3 Å². The molecule has 32 heavy (non-hydrogen) atoms. The molecule has 3 aromatic carbocycles. The number of nitrogens with one attached hydrogen (secondary N) is 1. The molecule has 4 aromatic rings. The van der Waals surface area contributed by atoms with Gasteiger partial charge in [0, 0.05) is 17.0 Å². The van der Waals surface area contributed by atoms with Crippen LogP contribution >= 0.6 is 11.3 Å². The molecule has 162 valence electrons. The van der Waals surface area contributed by atoms with Gasteiger partial charge >= 0.3 is 5.97 Å². The summed E-state index contributed by atoms with van der Waals surface area (Å²) < 4.78 is 0. The molecular formula is C27H25NO3S. The van der Waals surface area contributed by atoms with E-state index >= 15 is 0 Å². The lowest BCUT2D eigenvalue weighted by atomic mass is 9.97. The second-order valence-corrected chi connectivity index (χ2v) is 8.57. The molecule has 0 fully saturated rings. The second kappa shape index (κ2) is 10.4. The fourth-order valence-electron chi connectivity index (χ4n) is 3.67. The maximum atomic E-state index is 11.6. The highest BCUT2D eigenvalue weighted by molar-refractivity contribution is 7.13. The topological polar surface area (TPSA) is 69.6 Å². The van der Waals surface area contributed by atoms with E-state index in [0.717, 1.165) is 40.1 Å². The summed E-state index contributed by atoms with van der Waals surface area (Å²) in [7, 11) is 0. The molecule has 1 heterocycles. The van der Waals surface area contributed by atoms with E-state index in [1.165, 1.54) is 16.9 Å². The normalized spacial score (nSPS) is 11.9. The minimum absolute atomic E-state index is 0.316. The number of carbonyl (C=O) groups is 1. The van der Waals surface area contributed by atoms with Gasteiger partial charge in [0.15, 0.2) is 0 Å². The van der Waals surface area contributed by atoms with Crippen molar-refractivity contribution in [1.29, 1.82) is 0 Å². The van der Waals surface area contributed by atoms with E-state index in [4.69, 9.17) is 0 Å². The predicted octanol–water partition coefficient (Wildman–Crippen LogP) is 5.65. The van der Waals surface area contributed by atoms with E-state index in [0.29, 0.717) is 12.1 Å². The summed E-state index contributed by atoms with van der Waals surface area (Å²) >= 11 is 1.54. The molecule has 0 amide bonds. The van der Waals surface area contributed by atoms with Gasteiger partial charge < -0.3 is 15.5 Å². The van der Waals surface area contributed by atoms with Crippen molar-refractivity contribution in [2.24, 2.45) is 0 Å². The summed E-state index contributed by atoms with van der Waals surface area (Å²) in [5, 5.41) is 25.0. The third-order valence-electron chi connectivity index (χ3n) is 5.44. The van der Waals surface area contributed by atoms with Gasteiger partial charge in [0.1, 0.15) is 0 Å². The largest absolute Gasteiger partial charge is 0.478 e. The Morgan fingerprint density at radius 1 is 0.906 bits per heavy atom. The highest BCUT2D eigenvalue weighted by Gasteiger charge is 2.14. The Bertz CT molecular complexity index is 1160. The fourth-order valence-corrected chi connectivity index (χ4v) is 4.43. The zero-order valence-corrected chi connectivity index (χ0v) is 18.4. The number of benzene rings is 3. The Labute approximate surface area is 191 Å². The smallest absolute Gasteiger partial charge is 0.336 e. The summed E-state index contributed by atoms with van der Waals surface area (Å²) in [5.74, 6) is -0.916. The summed E-state index contributed by atoms with van der Waals surface area (Å²) in [6.07, 6.45) is 0.352. The molecule has 0 aliphatic carbocycles. The monoisotopic (exact) mass is 443 g/mol. The molecule has 0 spiro atoms. The molecule has 0 radical (unpaired) electrons. The van der Waals surface area contributed by atoms with Crippen LogP contribution in [0.3, 0.4) is 0 Å². The van der Waals surface area contributed by atoms with Crippen LogP contribution in [0.5, 0.6) is 0 Å². The van der Waals surface area contributed by atoms with Crippen LogP contribution in [-0.4, -0.2) is 29.3 Å². The maximum absolute atomic E-state index is 11.6. The zero-order chi connectivity index (χ0) is 22.3. The predicted molar refractivity (Wildman–Crippen MR) is 130 cm³/mol. The number of rotatable bonds is 9. The summed E-state index contributed by atoms with van der Waals surface area (Å²) in [4.78, 5) is 12.6. The van der Waals surface area contributed by atoms with Crippen molar-refractivity contribution in [2.45, 2.75) is 12.5 Å². The van der Waals surface area contributed by atoms with Crippen LogP contribution in [0.2, 0.25) is 0 Å². The van der Waals surface area contributed by atoms with Crippen molar-refractivity contribution in [3.63, 3.8) is 0 Å². The first-order valence-corrected chi connectivity index (χ1v) is 11.4. The van der Waals surface area contributed by atoms with Crippen LogP contribution in [0.25, 0.3) is 21.6 Å². The summed E-state index contributed by atoms with van der Waals surface area (Å²) in [6, 6.07) is 27.4. The van der Waals surface area contributed by atoms with Crippen molar-refractivity contribution < 1.29 is 15.0 Å². The molecule has 5 heteroatoms. The number of hydrogen-bond acceptors (Lipinski definition) is 4. The Kier molecular flexibility index (Phi) is 7.12. The van der Waals surface area contributed by atoms with Gasteiger partial charge in [0.25, 0.3) is 0 Å². The van der Waals surface area contributed by atoms with E-state index in [2.05, 4.69) is 29.6 Å².